The highest BCUT2D eigenvalue weighted by atomic mass is 16.5. The molecule has 1 atom stereocenters. The molecule has 2 heterocycles. The summed E-state index contributed by atoms with van der Waals surface area (Å²) < 4.78 is 5.58. The number of nitrogens with one attached hydrogen (secondary N) is 1. The minimum Gasteiger partial charge on any atom is -0.494 e. The zero-order chi connectivity index (χ0) is 26.1. The van der Waals surface area contributed by atoms with Crippen molar-refractivity contribution in [2.24, 2.45) is 0 Å². The number of carbonyl (C=O) groups is 2. The smallest absolute Gasteiger partial charge is 0.260 e. The van der Waals surface area contributed by atoms with Gasteiger partial charge in [0.2, 0.25) is 0 Å². The van der Waals surface area contributed by atoms with Crippen LogP contribution in [0.3, 0.4) is 0 Å². The predicted octanol–water partition coefficient (Wildman–Crippen LogP) is 6.05. The number of carbonyl (C=O) groups excluding carboxylic acids is 2. The molecular formula is C32H29N3O3. The van der Waals surface area contributed by atoms with Crippen molar-refractivity contribution in [2.75, 3.05) is 23.4 Å². The van der Waals surface area contributed by atoms with Gasteiger partial charge in [-0.3, -0.25) is 14.5 Å². The van der Waals surface area contributed by atoms with Crippen molar-refractivity contribution in [3.8, 4) is 5.75 Å². The Hall–Kier alpha value is -4.58. The normalized spacial score (nSPS) is 16.1. The molecule has 6 rings (SSSR count). The molecule has 6 heteroatoms. The van der Waals surface area contributed by atoms with Crippen LogP contribution >= 0.6 is 0 Å². The molecule has 2 aliphatic rings. The number of ether oxygens (including phenoxy) is 1. The second-order valence-electron chi connectivity index (χ2n) is 9.56. The topological polar surface area (TPSA) is 61.9 Å². The third-order valence-corrected chi connectivity index (χ3v) is 7.22. The van der Waals surface area contributed by atoms with Gasteiger partial charge >= 0.3 is 0 Å². The summed E-state index contributed by atoms with van der Waals surface area (Å²) in [5.74, 6) is 0.701. The van der Waals surface area contributed by atoms with Crippen molar-refractivity contribution in [1.82, 2.24) is 4.90 Å². The number of hydrogen-bond donors (Lipinski definition) is 1. The van der Waals surface area contributed by atoms with Crippen LogP contribution in [0.2, 0.25) is 0 Å². The largest absolute Gasteiger partial charge is 0.494 e. The van der Waals surface area contributed by atoms with Gasteiger partial charge in [-0.05, 0) is 73.0 Å². The number of anilines is 2. The average Bonchev–Trinajstić information content (AvgIpc) is 3.24. The van der Waals surface area contributed by atoms with Gasteiger partial charge in [-0.1, -0.05) is 48.5 Å². The summed E-state index contributed by atoms with van der Waals surface area (Å²) in [4.78, 5) is 30.6. The first-order chi connectivity index (χ1) is 18.6. The molecule has 190 valence electrons. The molecule has 0 fully saturated rings. The lowest BCUT2D eigenvalue weighted by Crippen LogP contribution is -2.36. The van der Waals surface area contributed by atoms with Crippen molar-refractivity contribution in [3.05, 3.63) is 125 Å². The van der Waals surface area contributed by atoms with Crippen LogP contribution in [0.15, 0.2) is 97.1 Å². The van der Waals surface area contributed by atoms with E-state index in [9.17, 15) is 9.59 Å². The van der Waals surface area contributed by atoms with Gasteiger partial charge in [0.15, 0.2) is 0 Å². The summed E-state index contributed by atoms with van der Waals surface area (Å²) in [7, 11) is 0. The van der Waals surface area contributed by atoms with E-state index in [1.54, 1.807) is 4.90 Å². The fourth-order valence-corrected chi connectivity index (χ4v) is 5.35. The van der Waals surface area contributed by atoms with Crippen molar-refractivity contribution in [1.29, 1.82) is 0 Å². The molecule has 0 bridgehead atoms. The second-order valence-corrected chi connectivity index (χ2v) is 9.56. The summed E-state index contributed by atoms with van der Waals surface area (Å²) in [6.07, 6.45) is 0.446. The average molecular weight is 504 g/mol. The van der Waals surface area contributed by atoms with Crippen molar-refractivity contribution >= 4 is 23.2 Å². The minimum absolute atomic E-state index is 0.00872. The molecule has 1 N–H and O–H groups in total. The third kappa shape index (κ3) is 4.39. The van der Waals surface area contributed by atoms with E-state index in [1.807, 2.05) is 96.8 Å². The van der Waals surface area contributed by atoms with Gasteiger partial charge in [0.1, 0.15) is 11.9 Å². The van der Waals surface area contributed by atoms with Crippen LogP contribution in [-0.2, 0) is 13.0 Å². The van der Waals surface area contributed by atoms with E-state index in [-0.39, 0.29) is 11.8 Å². The lowest BCUT2D eigenvalue weighted by Gasteiger charge is -2.29. The van der Waals surface area contributed by atoms with Gasteiger partial charge < -0.3 is 15.0 Å². The van der Waals surface area contributed by atoms with Crippen molar-refractivity contribution in [3.63, 3.8) is 0 Å². The Balaban J connectivity index is 1.27. The molecule has 0 aliphatic carbocycles. The zero-order valence-corrected chi connectivity index (χ0v) is 21.3. The molecule has 0 aromatic heterocycles. The molecule has 4 aromatic rings. The van der Waals surface area contributed by atoms with Gasteiger partial charge in [-0.25, -0.2) is 0 Å². The Labute approximate surface area is 222 Å². The molecular weight excluding hydrogens is 474 g/mol. The van der Waals surface area contributed by atoms with Gasteiger partial charge in [-0.2, -0.15) is 0 Å². The standard InChI is InChI=1S/C32H29N3O3/c1-2-38-27-16-14-26(15-17-27)35-30(28-12-5-6-13-29(28)32(35)37)33-25-11-7-10-23(20-25)31(36)34-19-18-22-8-3-4-9-24(22)21-34/h3-17,20,30,33H,2,18-19,21H2,1H3. The van der Waals surface area contributed by atoms with E-state index >= 15 is 0 Å². The first kappa shape index (κ1) is 23.8. The Bertz CT molecular complexity index is 1500. The Kier molecular flexibility index (Phi) is 6.30. The maximum atomic E-state index is 13.5. The lowest BCUT2D eigenvalue weighted by atomic mass is 9.99. The van der Waals surface area contributed by atoms with Crippen molar-refractivity contribution < 1.29 is 14.3 Å². The third-order valence-electron chi connectivity index (χ3n) is 7.22. The number of rotatable bonds is 6. The van der Waals surface area contributed by atoms with Gasteiger partial charge in [0.05, 0.1) is 6.61 Å². The highest BCUT2D eigenvalue weighted by Gasteiger charge is 2.37. The predicted molar refractivity (Wildman–Crippen MR) is 149 cm³/mol. The number of amides is 2. The zero-order valence-electron chi connectivity index (χ0n) is 21.3. The van der Waals surface area contributed by atoms with E-state index in [2.05, 4.69) is 17.4 Å². The van der Waals surface area contributed by atoms with Gasteiger partial charge in [0.25, 0.3) is 11.8 Å². The van der Waals surface area contributed by atoms with E-state index in [1.165, 1.54) is 11.1 Å². The molecule has 4 aromatic carbocycles. The molecule has 0 saturated heterocycles. The van der Waals surface area contributed by atoms with E-state index in [4.69, 9.17) is 4.74 Å². The maximum Gasteiger partial charge on any atom is 0.260 e. The summed E-state index contributed by atoms with van der Waals surface area (Å²) in [6.45, 7) is 3.83. The molecule has 0 saturated carbocycles. The quantitative estimate of drug-likeness (QED) is 0.348. The number of nitrogens with zero attached hydrogens (tertiary/aromatic N) is 2. The lowest BCUT2D eigenvalue weighted by molar-refractivity contribution is 0.0734. The van der Waals surface area contributed by atoms with E-state index in [0.717, 1.165) is 29.1 Å². The highest BCUT2D eigenvalue weighted by molar-refractivity contribution is 6.11. The molecule has 0 radical (unpaired) electrons. The molecule has 2 amide bonds. The fourth-order valence-electron chi connectivity index (χ4n) is 5.35. The first-order valence-corrected chi connectivity index (χ1v) is 13.0. The molecule has 38 heavy (non-hydrogen) atoms. The number of fused-ring (bicyclic) bond motifs is 2. The first-order valence-electron chi connectivity index (χ1n) is 13.0. The summed E-state index contributed by atoms with van der Waals surface area (Å²) in [5, 5.41) is 3.53. The Morgan fingerprint density at radius 2 is 1.68 bits per heavy atom. The maximum absolute atomic E-state index is 13.5. The van der Waals surface area contributed by atoms with Crippen LogP contribution in [-0.4, -0.2) is 29.9 Å². The highest BCUT2D eigenvalue weighted by Crippen LogP contribution is 2.38. The van der Waals surface area contributed by atoms with Crippen LogP contribution in [0.1, 0.15) is 50.5 Å². The monoisotopic (exact) mass is 503 g/mol. The summed E-state index contributed by atoms with van der Waals surface area (Å²) >= 11 is 0. The number of hydrogen-bond acceptors (Lipinski definition) is 4. The van der Waals surface area contributed by atoms with Crippen LogP contribution in [0.25, 0.3) is 0 Å². The van der Waals surface area contributed by atoms with Crippen LogP contribution in [0.5, 0.6) is 5.75 Å². The fraction of sp³-hybridized carbons (Fsp3) is 0.188. The van der Waals surface area contributed by atoms with Crippen LogP contribution in [0.4, 0.5) is 11.4 Å². The molecule has 2 aliphatic heterocycles. The summed E-state index contributed by atoms with van der Waals surface area (Å²) in [5.41, 5.74) is 6.25. The van der Waals surface area contributed by atoms with E-state index < -0.39 is 6.17 Å². The summed E-state index contributed by atoms with van der Waals surface area (Å²) in [6, 6.07) is 31.1. The Morgan fingerprint density at radius 1 is 0.921 bits per heavy atom. The van der Waals surface area contributed by atoms with Crippen LogP contribution in [0, 0.1) is 0 Å². The number of benzene rings is 4. The Morgan fingerprint density at radius 3 is 2.50 bits per heavy atom. The SMILES string of the molecule is CCOc1ccc(N2C(=O)c3ccccc3C2Nc2cccc(C(=O)N3CCc4ccccc4C3)c2)cc1. The van der Waals surface area contributed by atoms with Gasteiger partial charge in [-0.15, -0.1) is 0 Å². The van der Waals surface area contributed by atoms with Crippen molar-refractivity contribution in [2.45, 2.75) is 26.1 Å². The van der Waals surface area contributed by atoms with Crippen LogP contribution < -0.4 is 15.0 Å². The second kappa shape index (κ2) is 10.1. The molecule has 1 unspecified atom stereocenters. The van der Waals surface area contributed by atoms with E-state index in [0.29, 0.717) is 30.8 Å². The molecule has 0 spiro atoms. The minimum atomic E-state index is -0.413. The molecule has 6 nitrogen and oxygen atoms in total. The van der Waals surface area contributed by atoms with Gasteiger partial charge in [0, 0.05) is 41.2 Å².